The van der Waals surface area contributed by atoms with Gasteiger partial charge in [-0.3, -0.25) is 0 Å². The maximum Gasteiger partial charge on any atom is 0.160 e. The average molecular weight is 291 g/mol. The molecule has 1 unspecified atom stereocenters. The highest BCUT2D eigenvalue weighted by Crippen LogP contribution is 2.28. The van der Waals surface area contributed by atoms with Gasteiger partial charge in [-0.2, -0.15) is 0 Å². The summed E-state index contributed by atoms with van der Waals surface area (Å²) in [6.45, 7) is 7.21. The Hall–Kier alpha value is -1.52. The molecule has 2 aromatic rings. The van der Waals surface area contributed by atoms with Crippen molar-refractivity contribution in [1.29, 1.82) is 0 Å². The number of ether oxygens (including phenoxy) is 1. The number of methoxy groups -OCH3 is 1. The van der Waals surface area contributed by atoms with E-state index in [9.17, 15) is 5.11 Å². The fourth-order valence-electron chi connectivity index (χ4n) is 2.29. The van der Waals surface area contributed by atoms with Gasteiger partial charge in [-0.25, -0.2) is 0 Å². The summed E-state index contributed by atoms with van der Waals surface area (Å²) in [6.07, 6.45) is 0. The van der Waals surface area contributed by atoms with Crippen LogP contribution in [0.5, 0.6) is 11.5 Å². The number of aromatic hydroxyl groups is 1. The van der Waals surface area contributed by atoms with Gasteiger partial charge in [-0.15, -0.1) is 11.3 Å². The minimum atomic E-state index is 0.175. The number of hydrogen-bond acceptors (Lipinski definition) is 4. The molecule has 0 amide bonds. The van der Waals surface area contributed by atoms with E-state index in [2.05, 4.69) is 32.2 Å². The molecule has 0 saturated carbocycles. The summed E-state index contributed by atoms with van der Waals surface area (Å²) in [7, 11) is 1.56. The van der Waals surface area contributed by atoms with Crippen LogP contribution in [0.3, 0.4) is 0 Å². The predicted molar refractivity (Wildman–Crippen MR) is 83.7 cm³/mol. The molecule has 1 heterocycles. The summed E-state index contributed by atoms with van der Waals surface area (Å²) in [5.74, 6) is 0.688. The Balaban J connectivity index is 2.03. The first-order valence-electron chi connectivity index (χ1n) is 6.67. The van der Waals surface area contributed by atoms with E-state index < -0.39 is 0 Å². The molecule has 1 aromatic carbocycles. The van der Waals surface area contributed by atoms with Crippen LogP contribution in [0.4, 0.5) is 0 Å². The van der Waals surface area contributed by atoms with Gasteiger partial charge < -0.3 is 15.2 Å². The van der Waals surface area contributed by atoms with Gasteiger partial charge in [0.2, 0.25) is 0 Å². The monoisotopic (exact) mass is 291 g/mol. The molecular formula is C16H21NO2S. The number of rotatable bonds is 5. The molecule has 0 radical (unpaired) electrons. The Morgan fingerprint density at radius 3 is 2.65 bits per heavy atom. The number of phenolic OH excluding ortho intramolecular Hbond substituents is 1. The molecule has 0 aliphatic rings. The molecule has 0 saturated heterocycles. The number of hydrogen-bond donors (Lipinski definition) is 2. The molecule has 20 heavy (non-hydrogen) atoms. The fraction of sp³-hybridized carbons (Fsp3) is 0.375. The number of benzene rings is 1. The number of nitrogens with one attached hydrogen (secondary N) is 1. The summed E-state index contributed by atoms with van der Waals surface area (Å²) in [6, 6.07) is 7.99. The van der Waals surface area contributed by atoms with E-state index in [1.165, 1.54) is 15.3 Å². The Morgan fingerprint density at radius 1 is 1.30 bits per heavy atom. The van der Waals surface area contributed by atoms with Crippen LogP contribution >= 0.6 is 11.3 Å². The third-order valence-corrected chi connectivity index (χ3v) is 4.38. The largest absolute Gasteiger partial charge is 0.504 e. The van der Waals surface area contributed by atoms with Crippen molar-refractivity contribution in [2.75, 3.05) is 7.11 Å². The van der Waals surface area contributed by atoms with E-state index in [0.29, 0.717) is 11.8 Å². The van der Waals surface area contributed by atoms with Gasteiger partial charge in [-0.1, -0.05) is 6.07 Å². The van der Waals surface area contributed by atoms with Gasteiger partial charge in [0.15, 0.2) is 11.5 Å². The van der Waals surface area contributed by atoms with Gasteiger partial charge in [0.05, 0.1) is 7.11 Å². The Bertz CT molecular complexity index is 592. The summed E-state index contributed by atoms with van der Waals surface area (Å²) in [5, 5.41) is 13.1. The molecule has 1 atom stereocenters. The van der Waals surface area contributed by atoms with Gasteiger partial charge in [0, 0.05) is 22.3 Å². The van der Waals surface area contributed by atoms with Crippen LogP contribution in [0.1, 0.15) is 33.8 Å². The fourth-order valence-corrected chi connectivity index (χ4v) is 3.32. The van der Waals surface area contributed by atoms with E-state index in [0.717, 1.165) is 12.1 Å². The minimum absolute atomic E-state index is 0.175. The Morgan fingerprint density at radius 2 is 2.05 bits per heavy atom. The molecule has 0 bridgehead atoms. The van der Waals surface area contributed by atoms with Crippen LogP contribution in [-0.4, -0.2) is 12.2 Å². The molecule has 1 aromatic heterocycles. The van der Waals surface area contributed by atoms with E-state index in [1.807, 2.05) is 23.5 Å². The van der Waals surface area contributed by atoms with E-state index >= 15 is 0 Å². The van der Waals surface area contributed by atoms with E-state index in [1.54, 1.807) is 13.2 Å². The van der Waals surface area contributed by atoms with E-state index in [-0.39, 0.29) is 5.75 Å². The number of thiophene rings is 1. The number of aryl methyl sites for hydroxylation is 2. The first-order valence-corrected chi connectivity index (χ1v) is 7.49. The van der Waals surface area contributed by atoms with Crippen molar-refractivity contribution < 1.29 is 9.84 Å². The zero-order valence-corrected chi connectivity index (χ0v) is 13.2. The topological polar surface area (TPSA) is 41.5 Å². The van der Waals surface area contributed by atoms with Crippen LogP contribution in [0.2, 0.25) is 0 Å². The predicted octanol–water partition coefficient (Wildman–Crippen LogP) is 3.93. The van der Waals surface area contributed by atoms with Crippen molar-refractivity contribution in [2.45, 2.75) is 33.4 Å². The lowest BCUT2D eigenvalue weighted by Crippen LogP contribution is -2.18. The lowest BCUT2D eigenvalue weighted by Gasteiger charge is -2.14. The second-order valence-corrected chi connectivity index (χ2v) is 6.44. The quantitative estimate of drug-likeness (QED) is 0.877. The lowest BCUT2D eigenvalue weighted by atomic mass is 10.1. The van der Waals surface area contributed by atoms with Crippen molar-refractivity contribution in [1.82, 2.24) is 5.32 Å². The lowest BCUT2D eigenvalue weighted by molar-refractivity contribution is 0.372. The summed E-state index contributed by atoms with van der Waals surface area (Å²) >= 11 is 1.83. The van der Waals surface area contributed by atoms with Gasteiger partial charge in [0.1, 0.15) is 0 Å². The van der Waals surface area contributed by atoms with Crippen molar-refractivity contribution >= 4 is 11.3 Å². The molecule has 0 spiro atoms. The highest BCUT2D eigenvalue weighted by molar-refractivity contribution is 7.12. The van der Waals surface area contributed by atoms with Crippen molar-refractivity contribution in [3.8, 4) is 11.5 Å². The molecule has 3 nitrogen and oxygen atoms in total. The summed E-state index contributed by atoms with van der Waals surface area (Å²) in [5.41, 5.74) is 2.45. The van der Waals surface area contributed by atoms with Crippen LogP contribution in [0, 0.1) is 13.8 Å². The smallest absolute Gasteiger partial charge is 0.160 e. The van der Waals surface area contributed by atoms with Crippen molar-refractivity contribution in [3.63, 3.8) is 0 Å². The minimum Gasteiger partial charge on any atom is -0.504 e. The second kappa shape index (κ2) is 6.29. The highest BCUT2D eigenvalue weighted by Gasteiger charge is 2.11. The third-order valence-electron chi connectivity index (χ3n) is 3.40. The first-order chi connectivity index (χ1) is 9.51. The second-order valence-electron chi connectivity index (χ2n) is 4.98. The maximum atomic E-state index is 9.59. The summed E-state index contributed by atoms with van der Waals surface area (Å²) < 4.78 is 5.12. The van der Waals surface area contributed by atoms with Crippen LogP contribution in [0.25, 0.3) is 0 Å². The van der Waals surface area contributed by atoms with Gasteiger partial charge >= 0.3 is 0 Å². The first kappa shape index (κ1) is 14.9. The maximum absolute atomic E-state index is 9.59. The van der Waals surface area contributed by atoms with Crippen LogP contribution in [0.15, 0.2) is 24.3 Å². The molecule has 0 aliphatic carbocycles. The normalized spacial score (nSPS) is 12.4. The standard InChI is InChI=1S/C16H21NO2S/c1-10-7-14(12(3)20-10)11(2)17-9-13-5-6-15(18)16(8-13)19-4/h5-8,11,17-18H,9H2,1-4H3. The third kappa shape index (κ3) is 3.32. The molecule has 2 N–H and O–H groups in total. The van der Waals surface area contributed by atoms with Crippen LogP contribution < -0.4 is 10.1 Å². The van der Waals surface area contributed by atoms with Crippen molar-refractivity contribution in [3.05, 3.63) is 45.1 Å². The average Bonchev–Trinajstić information content (AvgIpc) is 2.76. The van der Waals surface area contributed by atoms with E-state index in [4.69, 9.17) is 4.74 Å². The molecule has 0 aliphatic heterocycles. The SMILES string of the molecule is COc1cc(CNC(C)c2cc(C)sc2C)ccc1O. The molecule has 4 heteroatoms. The van der Waals surface area contributed by atoms with Crippen LogP contribution in [-0.2, 0) is 6.54 Å². The van der Waals surface area contributed by atoms with Gasteiger partial charge in [0.25, 0.3) is 0 Å². The molecule has 2 rings (SSSR count). The molecule has 0 fully saturated rings. The zero-order chi connectivity index (χ0) is 14.7. The summed E-state index contributed by atoms with van der Waals surface area (Å²) in [4.78, 5) is 2.71. The van der Waals surface area contributed by atoms with Crippen molar-refractivity contribution in [2.24, 2.45) is 0 Å². The molecule has 108 valence electrons. The Kier molecular flexibility index (Phi) is 4.68. The highest BCUT2D eigenvalue weighted by atomic mass is 32.1. The zero-order valence-electron chi connectivity index (χ0n) is 12.4. The van der Waals surface area contributed by atoms with Gasteiger partial charge in [-0.05, 0) is 50.1 Å². The Labute approximate surface area is 124 Å². The molecular weight excluding hydrogens is 270 g/mol. The number of phenols is 1.